The maximum Gasteiger partial charge on any atom is 0.224 e. The number of rotatable bonds is 4. The number of hydrogen-bond donors (Lipinski definition) is 2. The maximum atomic E-state index is 11.7. The molecule has 0 aromatic heterocycles. The van der Waals surface area contributed by atoms with Gasteiger partial charge in [0, 0.05) is 12.1 Å². The van der Waals surface area contributed by atoms with Crippen LogP contribution in [0.3, 0.4) is 0 Å². The van der Waals surface area contributed by atoms with Gasteiger partial charge in [-0.2, -0.15) is 0 Å². The Morgan fingerprint density at radius 1 is 1.21 bits per heavy atom. The summed E-state index contributed by atoms with van der Waals surface area (Å²) in [6.07, 6.45) is 6.17. The summed E-state index contributed by atoms with van der Waals surface area (Å²) in [6, 6.07) is 0.643. The quantitative estimate of drug-likeness (QED) is 0.690. The fourth-order valence-corrected chi connectivity index (χ4v) is 2.32. The zero-order valence-corrected chi connectivity index (χ0v) is 8.41. The predicted octanol–water partition coefficient (Wildman–Crippen LogP) is 0.638. The lowest BCUT2D eigenvalue weighted by Gasteiger charge is -2.17. The van der Waals surface area contributed by atoms with Crippen LogP contribution in [0.1, 0.15) is 32.1 Å². The second-order valence-corrected chi connectivity index (χ2v) is 5.22. The first-order valence-corrected chi connectivity index (χ1v) is 5.81. The van der Waals surface area contributed by atoms with Crippen molar-refractivity contribution < 1.29 is 4.79 Å². The lowest BCUT2D eigenvalue weighted by atomic mass is 10.1. The molecule has 0 heterocycles. The molecule has 0 radical (unpaired) electrons. The van der Waals surface area contributed by atoms with Gasteiger partial charge in [0.05, 0.1) is 5.92 Å². The molecule has 14 heavy (non-hydrogen) atoms. The van der Waals surface area contributed by atoms with Gasteiger partial charge in [0.25, 0.3) is 0 Å². The van der Waals surface area contributed by atoms with Gasteiger partial charge < -0.3 is 11.1 Å². The summed E-state index contributed by atoms with van der Waals surface area (Å²) in [5.74, 6) is 1.94. The molecule has 0 aromatic carbocycles. The van der Waals surface area contributed by atoms with Gasteiger partial charge in [-0.3, -0.25) is 4.79 Å². The third-order valence-corrected chi connectivity index (χ3v) is 3.75. The molecule has 3 fully saturated rings. The average molecular weight is 194 g/mol. The van der Waals surface area contributed by atoms with E-state index < -0.39 is 0 Å². The molecule has 3 aliphatic rings. The van der Waals surface area contributed by atoms with Crippen molar-refractivity contribution in [2.75, 3.05) is 0 Å². The molecule has 3 rings (SSSR count). The largest absolute Gasteiger partial charge is 0.353 e. The van der Waals surface area contributed by atoms with Gasteiger partial charge in [0.15, 0.2) is 0 Å². The molecular formula is C11H18N2O. The Bertz CT molecular complexity index is 246. The molecule has 2 unspecified atom stereocenters. The van der Waals surface area contributed by atoms with Gasteiger partial charge in [-0.25, -0.2) is 0 Å². The number of carbonyl (C=O) groups excluding carboxylic acids is 1. The third-order valence-electron chi connectivity index (χ3n) is 3.75. The molecule has 0 aliphatic heterocycles. The van der Waals surface area contributed by atoms with E-state index in [0.29, 0.717) is 6.04 Å². The zero-order valence-electron chi connectivity index (χ0n) is 8.41. The molecule has 3 aliphatic carbocycles. The minimum absolute atomic E-state index is 0.134. The number of nitrogens with two attached hydrogens (primary N) is 1. The van der Waals surface area contributed by atoms with Gasteiger partial charge in [-0.15, -0.1) is 0 Å². The van der Waals surface area contributed by atoms with Crippen molar-refractivity contribution in [3.8, 4) is 0 Å². The molecule has 1 amide bonds. The van der Waals surface area contributed by atoms with Crippen LogP contribution in [0.15, 0.2) is 0 Å². The Kier molecular flexibility index (Phi) is 1.84. The van der Waals surface area contributed by atoms with Gasteiger partial charge in [-0.1, -0.05) is 0 Å². The van der Waals surface area contributed by atoms with Crippen LogP contribution in [0, 0.1) is 17.8 Å². The summed E-state index contributed by atoms with van der Waals surface area (Å²) in [4.78, 5) is 11.7. The first-order chi connectivity index (χ1) is 6.75. The molecular weight excluding hydrogens is 176 g/mol. The molecule has 3 saturated carbocycles. The maximum absolute atomic E-state index is 11.7. The first-order valence-electron chi connectivity index (χ1n) is 5.81. The smallest absolute Gasteiger partial charge is 0.224 e. The molecule has 0 aromatic rings. The topological polar surface area (TPSA) is 55.1 Å². The van der Waals surface area contributed by atoms with Crippen LogP contribution in [0.2, 0.25) is 0 Å². The normalized spacial score (nSPS) is 35.9. The van der Waals surface area contributed by atoms with Crippen molar-refractivity contribution in [3.63, 3.8) is 0 Å². The van der Waals surface area contributed by atoms with E-state index in [1.807, 2.05) is 0 Å². The van der Waals surface area contributed by atoms with Crippen molar-refractivity contribution in [1.82, 2.24) is 5.32 Å². The van der Waals surface area contributed by atoms with Crippen LogP contribution in [-0.2, 0) is 4.79 Å². The predicted molar refractivity (Wildman–Crippen MR) is 53.5 cm³/mol. The summed E-state index contributed by atoms with van der Waals surface area (Å²) < 4.78 is 0. The Morgan fingerprint density at radius 2 is 1.71 bits per heavy atom. The van der Waals surface area contributed by atoms with Gasteiger partial charge in [0.2, 0.25) is 5.91 Å². The van der Waals surface area contributed by atoms with Crippen molar-refractivity contribution in [2.45, 2.75) is 44.2 Å². The molecule has 2 atom stereocenters. The second-order valence-electron chi connectivity index (χ2n) is 5.22. The van der Waals surface area contributed by atoms with Crippen molar-refractivity contribution in [1.29, 1.82) is 0 Å². The van der Waals surface area contributed by atoms with Gasteiger partial charge in [0.1, 0.15) is 0 Å². The summed E-state index contributed by atoms with van der Waals surface area (Å²) in [5.41, 5.74) is 5.67. The first kappa shape index (κ1) is 8.72. The highest BCUT2D eigenvalue weighted by molar-refractivity contribution is 5.82. The minimum atomic E-state index is 0.134. The molecule has 0 bridgehead atoms. The standard InChI is InChI=1S/C11H18N2O/c12-9-5-8(9)11(14)13-10(6-1-2-6)7-3-4-7/h6-10H,1-5,12H2,(H,13,14). The molecule has 78 valence electrons. The van der Waals surface area contributed by atoms with E-state index in [4.69, 9.17) is 5.73 Å². The van der Waals surface area contributed by atoms with Crippen molar-refractivity contribution in [3.05, 3.63) is 0 Å². The molecule has 3 heteroatoms. The highest BCUT2D eigenvalue weighted by Crippen LogP contribution is 2.45. The van der Waals surface area contributed by atoms with Crippen molar-refractivity contribution in [2.24, 2.45) is 23.5 Å². The summed E-state index contributed by atoms with van der Waals surface area (Å²) in [6.45, 7) is 0. The van der Waals surface area contributed by atoms with Crippen LogP contribution in [0.4, 0.5) is 0 Å². The molecule has 0 saturated heterocycles. The minimum Gasteiger partial charge on any atom is -0.353 e. The summed E-state index contributed by atoms with van der Waals surface area (Å²) in [5, 5.41) is 3.21. The van der Waals surface area contributed by atoms with Crippen LogP contribution < -0.4 is 11.1 Å². The van der Waals surface area contributed by atoms with E-state index >= 15 is 0 Å². The van der Waals surface area contributed by atoms with E-state index in [1.54, 1.807) is 0 Å². The molecule has 3 N–H and O–H groups in total. The monoisotopic (exact) mass is 194 g/mol. The zero-order chi connectivity index (χ0) is 9.71. The average Bonchev–Trinajstić information content (AvgIpc) is 2.91. The fourth-order valence-electron chi connectivity index (χ4n) is 2.32. The second kappa shape index (κ2) is 2.96. The summed E-state index contributed by atoms with van der Waals surface area (Å²) in [7, 11) is 0. The molecule has 3 nitrogen and oxygen atoms in total. The van der Waals surface area contributed by atoms with E-state index in [9.17, 15) is 4.79 Å². The SMILES string of the molecule is NC1CC1C(=O)NC(C1CC1)C1CC1. The Balaban J connectivity index is 1.55. The van der Waals surface area contributed by atoms with Crippen LogP contribution >= 0.6 is 0 Å². The Labute approximate surface area is 84.4 Å². The van der Waals surface area contributed by atoms with Crippen molar-refractivity contribution >= 4 is 5.91 Å². The number of amides is 1. The van der Waals surface area contributed by atoms with Crippen LogP contribution in [-0.4, -0.2) is 18.0 Å². The Morgan fingerprint density at radius 3 is 2.07 bits per heavy atom. The molecule has 0 spiro atoms. The van der Waals surface area contributed by atoms with E-state index in [2.05, 4.69) is 5.32 Å². The van der Waals surface area contributed by atoms with E-state index in [0.717, 1.165) is 18.3 Å². The van der Waals surface area contributed by atoms with Crippen LogP contribution in [0.5, 0.6) is 0 Å². The van der Waals surface area contributed by atoms with Crippen LogP contribution in [0.25, 0.3) is 0 Å². The van der Waals surface area contributed by atoms with Gasteiger partial charge >= 0.3 is 0 Å². The fraction of sp³-hybridized carbons (Fsp3) is 0.909. The third kappa shape index (κ3) is 1.65. The Hall–Kier alpha value is -0.570. The number of hydrogen-bond acceptors (Lipinski definition) is 2. The highest BCUT2D eigenvalue weighted by atomic mass is 16.2. The number of nitrogens with one attached hydrogen (secondary N) is 1. The van der Waals surface area contributed by atoms with E-state index in [-0.39, 0.29) is 17.9 Å². The van der Waals surface area contributed by atoms with E-state index in [1.165, 1.54) is 25.7 Å². The van der Waals surface area contributed by atoms with Gasteiger partial charge in [-0.05, 0) is 43.9 Å². The lowest BCUT2D eigenvalue weighted by molar-refractivity contribution is -0.123. The lowest BCUT2D eigenvalue weighted by Crippen LogP contribution is -2.39. The summed E-state index contributed by atoms with van der Waals surface area (Å²) >= 11 is 0. The highest BCUT2D eigenvalue weighted by Gasteiger charge is 2.46. The number of carbonyl (C=O) groups is 1.